The van der Waals surface area contributed by atoms with Crippen LogP contribution in [0.15, 0.2) is 91.1 Å². The molecule has 3 aromatic carbocycles. The zero-order valence-corrected chi connectivity index (χ0v) is 24.8. The van der Waals surface area contributed by atoms with E-state index in [0.717, 1.165) is 23.7 Å². The topological polar surface area (TPSA) is 115 Å². The molecule has 8 nitrogen and oxygen atoms in total. The average molecular weight is 677 g/mol. The van der Waals surface area contributed by atoms with Crippen molar-refractivity contribution < 1.29 is 35.9 Å². The molecule has 0 aliphatic rings. The van der Waals surface area contributed by atoms with Gasteiger partial charge in [0.05, 0.1) is 17.6 Å². The van der Waals surface area contributed by atoms with Gasteiger partial charge in [-0.1, -0.05) is 72.8 Å². The fraction of sp³-hybridized carbons (Fsp3) is 0.0606. The Morgan fingerprint density at radius 1 is 0.812 bits per heavy atom. The van der Waals surface area contributed by atoms with Crippen LogP contribution in [0.3, 0.4) is 0 Å². The number of benzene rings is 3. The number of nitrogens with zero attached hydrogens (tertiary/aromatic N) is 4. The number of halogens is 6. The van der Waals surface area contributed by atoms with Gasteiger partial charge in [0, 0.05) is 10.9 Å². The number of thiophene rings is 1. The number of nitrogens with two attached hydrogens (primary N) is 1. The molecule has 4 aromatic heterocycles. The second-order valence-corrected chi connectivity index (χ2v) is 11.6. The van der Waals surface area contributed by atoms with E-state index in [-0.39, 0.29) is 32.0 Å². The second-order valence-electron chi connectivity index (χ2n) is 10.6. The molecule has 0 saturated carbocycles. The largest absolute Gasteiger partial charge is 0.433 e. The van der Waals surface area contributed by atoms with Crippen molar-refractivity contribution in [2.24, 2.45) is 5.73 Å². The number of fused-ring (bicyclic) bond motifs is 3. The number of hydrogen-bond donors (Lipinski definition) is 2. The number of amides is 2. The fourth-order valence-corrected chi connectivity index (χ4v) is 6.48. The van der Waals surface area contributed by atoms with Crippen LogP contribution in [-0.2, 0) is 12.4 Å². The van der Waals surface area contributed by atoms with Crippen molar-refractivity contribution in [2.45, 2.75) is 12.4 Å². The highest BCUT2D eigenvalue weighted by atomic mass is 32.1. The van der Waals surface area contributed by atoms with Crippen molar-refractivity contribution >= 4 is 55.5 Å². The smallest absolute Gasteiger partial charge is 0.365 e. The molecule has 0 bridgehead atoms. The van der Waals surface area contributed by atoms with Crippen LogP contribution in [0, 0.1) is 0 Å². The molecule has 7 rings (SSSR count). The maximum atomic E-state index is 14.4. The SMILES string of the molecule is NC(=O)c1sc2nc(C(F)(F)F)cc(-c3ccccc3)c2c1NC(=O)c1cnn2c(C(F)(F)F)cc(-c3cccc4ccccc34)nc12. The van der Waals surface area contributed by atoms with Gasteiger partial charge in [-0.2, -0.15) is 31.4 Å². The number of aromatic nitrogens is 4. The Labute approximate surface area is 269 Å². The van der Waals surface area contributed by atoms with E-state index in [2.05, 4.69) is 20.4 Å². The first-order valence-corrected chi connectivity index (χ1v) is 14.8. The van der Waals surface area contributed by atoms with Crippen LogP contribution in [0.5, 0.6) is 0 Å². The van der Waals surface area contributed by atoms with Gasteiger partial charge < -0.3 is 11.1 Å². The van der Waals surface area contributed by atoms with Crippen molar-refractivity contribution in [1.29, 1.82) is 0 Å². The van der Waals surface area contributed by atoms with E-state index in [1.54, 1.807) is 60.7 Å². The van der Waals surface area contributed by atoms with E-state index < -0.39 is 46.8 Å². The summed E-state index contributed by atoms with van der Waals surface area (Å²) in [6.45, 7) is 0. The highest BCUT2D eigenvalue weighted by molar-refractivity contribution is 7.21. The molecule has 0 aliphatic carbocycles. The van der Waals surface area contributed by atoms with Gasteiger partial charge in [0.2, 0.25) is 0 Å². The molecular formula is C33H18F6N6O2S. The first kappa shape index (κ1) is 30.8. The van der Waals surface area contributed by atoms with Gasteiger partial charge in [-0.05, 0) is 34.0 Å². The van der Waals surface area contributed by atoms with Gasteiger partial charge >= 0.3 is 12.4 Å². The van der Waals surface area contributed by atoms with Crippen LogP contribution in [0.2, 0.25) is 0 Å². The van der Waals surface area contributed by atoms with Crippen LogP contribution in [0.1, 0.15) is 31.4 Å². The second kappa shape index (κ2) is 11.2. The predicted octanol–water partition coefficient (Wildman–Crippen LogP) is 8.22. The van der Waals surface area contributed by atoms with E-state index in [9.17, 15) is 35.9 Å². The molecule has 240 valence electrons. The maximum absolute atomic E-state index is 14.4. The van der Waals surface area contributed by atoms with Crippen molar-refractivity contribution in [3.05, 3.63) is 113 Å². The first-order chi connectivity index (χ1) is 22.8. The number of hydrogen-bond acceptors (Lipinski definition) is 6. The molecule has 48 heavy (non-hydrogen) atoms. The number of rotatable bonds is 5. The summed E-state index contributed by atoms with van der Waals surface area (Å²) in [6.07, 6.45) is -8.87. The van der Waals surface area contributed by atoms with Gasteiger partial charge in [0.1, 0.15) is 21.0 Å². The Hall–Kier alpha value is -5.83. The zero-order chi connectivity index (χ0) is 34.0. The summed E-state index contributed by atoms with van der Waals surface area (Å²) in [7, 11) is 0. The third-order valence-corrected chi connectivity index (χ3v) is 8.67. The lowest BCUT2D eigenvalue weighted by atomic mass is 10.0. The lowest BCUT2D eigenvalue weighted by Gasteiger charge is -2.13. The van der Waals surface area contributed by atoms with Gasteiger partial charge in [-0.25, -0.2) is 14.5 Å². The van der Waals surface area contributed by atoms with E-state index >= 15 is 0 Å². The summed E-state index contributed by atoms with van der Waals surface area (Å²) >= 11 is 0.535. The van der Waals surface area contributed by atoms with E-state index in [4.69, 9.17) is 5.73 Å². The number of pyridine rings is 1. The minimum absolute atomic E-state index is 0.0115. The number of alkyl halides is 6. The molecule has 0 aliphatic heterocycles. The normalized spacial score (nSPS) is 12.2. The van der Waals surface area contributed by atoms with Gasteiger partial charge in [-0.3, -0.25) is 9.59 Å². The third kappa shape index (κ3) is 5.27. The minimum Gasteiger partial charge on any atom is -0.365 e. The van der Waals surface area contributed by atoms with E-state index in [1.807, 2.05) is 0 Å². The number of carbonyl (C=O) groups excluding carboxylic acids is 2. The zero-order valence-electron chi connectivity index (χ0n) is 24.0. The average Bonchev–Trinajstić information content (AvgIpc) is 3.65. The van der Waals surface area contributed by atoms with Gasteiger partial charge in [-0.15, -0.1) is 11.3 Å². The minimum atomic E-state index is -4.91. The Bertz CT molecular complexity index is 2410. The molecule has 0 atom stereocenters. The van der Waals surface area contributed by atoms with Crippen LogP contribution in [0.4, 0.5) is 32.0 Å². The highest BCUT2D eigenvalue weighted by Gasteiger charge is 2.37. The molecule has 0 unspecified atom stereocenters. The number of primary amides is 1. The highest BCUT2D eigenvalue weighted by Crippen LogP contribution is 2.44. The van der Waals surface area contributed by atoms with Crippen molar-refractivity contribution in [1.82, 2.24) is 19.6 Å². The summed E-state index contributed by atoms with van der Waals surface area (Å²) in [5.74, 6) is -2.11. The molecule has 3 N–H and O–H groups in total. The summed E-state index contributed by atoms with van der Waals surface area (Å²) in [4.78, 5) is 34.0. The van der Waals surface area contributed by atoms with E-state index in [0.29, 0.717) is 32.4 Å². The molecule has 4 heterocycles. The van der Waals surface area contributed by atoms with Crippen molar-refractivity contribution in [2.75, 3.05) is 5.32 Å². The predicted molar refractivity (Wildman–Crippen MR) is 167 cm³/mol. The molecule has 0 spiro atoms. The van der Waals surface area contributed by atoms with Crippen molar-refractivity contribution in [3.63, 3.8) is 0 Å². The van der Waals surface area contributed by atoms with Gasteiger partial charge in [0.25, 0.3) is 11.8 Å². The molecule has 0 radical (unpaired) electrons. The summed E-state index contributed by atoms with van der Waals surface area (Å²) < 4.78 is 85.1. The summed E-state index contributed by atoms with van der Waals surface area (Å²) in [6, 6.07) is 21.6. The molecule has 2 amide bonds. The molecule has 0 fully saturated rings. The fourth-order valence-electron chi connectivity index (χ4n) is 5.47. The standard InChI is InChI=1S/C33H18F6N6O2S/c34-32(35,36)23-13-20(17-7-2-1-3-8-17)25-26(27(28(40)46)48-31(25)43-23)44-30(47)21-15-41-45-24(33(37,38)39)14-22(42-29(21)45)19-12-6-10-16-9-4-5-11-18(16)19/h1-15H,(H2,40,46)(H,44,47). The Morgan fingerprint density at radius 2 is 1.52 bits per heavy atom. The third-order valence-electron chi connectivity index (χ3n) is 7.57. The number of nitrogens with one attached hydrogen (secondary N) is 1. The molecule has 7 aromatic rings. The quantitative estimate of drug-likeness (QED) is 0.178. The first-order valence-electron chi connectivity index (χ1n) is 14.0. The van der Waals surface area contributed by atoms with Crippen LogP contribution in [-0.4, -0.2) is 31.4 Å². The van der Waals surface area contributed by atoms with Crippen molar-refractivity contribution in [3.8, 4) is 22.4 Å². The Balaban J connectivity index is 1.42. The van der Waals surface area contributed by atoms with Crippen LogP contribution in [0.25, 0.3) is 49.0 Å². The number of anilines is 1. The molecule has 0 saturated heterocycles. The summed E-state index contributed by atoms with van der Waals surface area (Å²) in [5, 5.41) is 7.65. The lowest BCUT2D eigenvalue weighted by Crippen LogP contribution is -2.18. The maximum Gasteiger partial charge on any atom is 0.433 e. The Morgan fingerprint density at radius 3 is 2.23 bits per heavy atom. The monoisotopic (exact) mass is 676 g/mol. The van der Waals surface area contributed by atoms with E-state index in [1.165, 1.54) is 12.1 Å². The summed E-state index contributed by atoms with van der Waals surface area (Å²) in [5.41, 5.74) is 2.61. The van der Waals surface area contributed by atoms with Crippen LogP contribution >= 0.6 is 11.3 Å². The molecular weight excluding hydrogens is 658 g/mol. The van der Waals surface area contributed by atoms with Crippen LogP contribution < -0.4 is 11.1 Å². The lowest BCUT2D eigenvalue weighted by molar-refractivity contribution is -0.143. The van der Waals surface area contributed by atoms with Gasteiger partial charge in [0.15, 0.2) is 11.3 Å². The number of carbonyl (C=O) groups is 2. The molecule has 15 heteroatoms. The Kier molecular flexibility index (Phi) is 7.16.